The molecule has 0 amide bonds. The summed E-state index contributed by atoms with van der Waals surface area (Å²) in [5, 5.41) is 0. The van der Waals surface area contributed by atoms with Gasteiger partial charge in [-0.05, 0) is 12.8 Å². The van der Waals surface area contributed by atoms with Gasteiger partial charge in [-0.25, -0.2) is 4.79 Å². The summed E-state index contributed by atoms with van der Waals surface area (Å²) in [7, 11) is 0. The van der Waals surface area contributed by atoms with E-state index in [4.69, 9.17) is 0 Å². The Hall–Kier alpha value is -1.53. The van der Waals surface area contributed by atoms with E-state index in [0.29, 0.717) is 18.9 Å². The highest BCUT2D eigenvalue weighted by atomic mass is 19.4. The number of nitrogens with zero attached hydrogens (tertiary/aromatic N) is 1. The van der Waals surface area contributed by atoms with Crippen LogP contribution in [0.25, 0.3) is 0 Å². The highest BCUT2D eigenvalue weighted by Gasteiger charge is 2.33. The number of nitrogens with one attached hydrogen (secondary N) is 1. The molecule has 1 aliphatic carbocycles. The van der Waals surface area contributed by atoms with E-state index in [9.17, 15) is 22.8 Å². The summed E-state index contributed by atoms with van der Waals surface area (Å²) in [6.07, 6.45) is -1.61. The molecule has 0 atom stereocenters. The highest BCUT2D eigenvalue weighted by Crippen LogP contribution is 2.28. The number of hydrogen-bond donors (Lipinski definition) is 1. The van der Waals surface area contributed by atoms with Crippen LogP contribution in [0.15, 0.2) is 15.7 Å². The maximum atomic E-state index is 12.3. The van der Waals surface area contributed by atoms with Crippen molar-refractivity contribution < 1.29 is 13.2 Å². The summed E-state index contributed by atoms with van der Waals surface area (Å²) in [5.74, 6) is 0. The molecule has 0 aliphatic heterocycles. The van der Waals surface area contributed by atoms with Crippen molar-refractivity contribution in [3.05, 3.63) is 32.6 Å². The van der Waals surface area contributed by atoms with E-state index >= 15 is 0 Å². The van der Waals surface area contributed by atoms with Crippen molar-refractivity contribution in [1.29, 1.82) is 0 Å². The summed E-state index contributed by atoms with van der Waals surface area (Å²) in [4.78, 5) is 24.8. The van der Waals surface area contributed by atoms with Crippen molar-refractivity contribution in [2.75, 3.05) is 0 Å². The van der Waals surface area contributed by atoms with Gasteiger partial charge in [0.2, 0.25) is 0 Å². The second kappa shape index (κ2) is 4.05. The van der Waals surface area contributed by atoms with Crippen molar-refractivity contribution in [3.8, 4) is 0 Å². The van der Waals surface area contributed by atoms with Gasteiger partial charge in [0.15, 0.2) is 0 Å². The van der Waals surface area contributed by atoms with E-state index in [2.05, 4.69) is 0 Å². The van der Waals surface area contributed by atoms with E-state index < -0.39 is 23.1 Å². The van der Waals surface area contributed by atoms with E-state index in [1.54, 1.807) is 4.98 Å². The summed E-state index contributed by atoms with van der Waals surface area (Å²) >= 11 is 0. The van der Waals surface area contributed by atoms with Gasteiger partial charge in [0, 0.05) is 12.1 Å². The standard InChI is InChI=1S/C10H11F3N2O2/c11-10(12,13)7-5-8(16)15(9(17)14-7)6-3-1-2-4-6/h5-6H,1-4H2,(H,14,17). The molecule has 0 aromatic carbocycles. The monoisotopic (exact) mass is 248 g/mol. The predicted octanol–water partition coefficient (Wildman–Crippen LogP) is 1.67. The topological polar surface area (TPSA) is 54.9 Å². The zero-order valence-electron chi connectivity index (χ0n) is 8.88. The van der Waals surface area contributed by atoms with Gasteiger partial charge in [-0.15, -0.1) is 0 Å². The van der Waals surface area contributed by atoms with Crippen LogP contribution in [0.5, 0.6) is 0 Å². The average Bonchev–Trinajstić information content (AvgIpc) is 2.68. The van der Waals surface area contributed by atoms with Crippen LogP contribution >= 0.6 is 0 Å². The maximum absolute atomic E-state index is 12.3. The maximum Gasteiger partial charge on any atom is 0.431 e. The Bertz CT molecular complexity index is 492. The first kappa shape index (κ1) is 11.9. The van der Waals surface area contributed by atoms with E-state index in [-0.39, 0.29) is 6.04 Å². The molecule has 0 saturated heterocycles. The normalized spacial score (nSPS) is 17.6. The molecular weight excluding hydrogens is 237 g/mol. The van der Waals surface area contributed by atoms with E-state index in [0.717, 1.165) is 17.4 Å². The van der Waals surface area contributed by atoms with Crippen LogP contribution < -0.4 is 11.2 Å². The molecule has 2 rings (SSSR count). The van der Waals surface area contributed by atoms with Crippen LogP contribution in [0.3, 0.4) is 0 Å². The molecule has 0 bridgehead atoms. The molecule has 0 radical (unpaired) electrons. The van der Waals surface area contributed by atoms with Crippen LogP contribution in [0, 0.1) is 0 Å². The number of alkyl halides is 3. The molecule has 1 fully saturated rings. The Kier molecular flexibility index (Phi) is 2.84. The van der Waals surface area contributed by atoms with Crippen molar-refractivity contribution in [2.45, 2.75) is 37.9 Å². The number of rotatable bonds is 1. The molecule has 94 valence electrons. The second-order valence-corrected chi connectivity index (χ2v) is 4.13. The first-order valence-electron chi connectivity index (χ1n) is 5.32. The van der Waals surface area contributed by atoms with Crippen LogP contribution in [0.2, 0.25) is 0 Å². The molecule has 1 aromatic heterocycles. The molecule has 1 aromatic rings. The zero-order chi connectivity index (χ0) is 12.6. The Balaban J connectivity index is 2.50. The Morgan fingerprint density at radius 3 is 2.29 bits per heavy atom. The Morgan fingerprint density at radius 2 is 1.82 bits per heavy atom. The van der Waals surface area contributed by atoms with Crippen LogP contribution in [-0.2, 0) is 6.18 Å². The van der Waals surface area contributed by atoms with Crippen LogP contribution in [-0.4, -0.2) is 9.55 Å². The molecule has 4 nitrogen and oxygen atoms in total. The number of H-pyrrole nitrogens is 1. The molecule has 1 heterocycles. The van der Waals surface area contributed by atoms with Gasteiger partial charge in [-0.1, -0.05) is 12.8 Å². The lowest BCUT2D eigenvalue weighted by Crippen LogP contribution is -2.38. The summed E-state index contributed by atoms with van der Waals surface area (Å²) in [6.45, 7) is 0. The van der Waals surface area contributed by atoms with Crippen molar-refractivity contribution in [1.82, 2.24) is 9.55 Å². The summed E-state index contributed by atoms with van der Waals surface area (Å²) < 4.78 is 37.9. The largest absolute Gasteiger partial charge is 0.431 e. The minimum atomic E-state index is -4.70. The smallest absolute Gasteiger partial charge is 0.303 e. The quantitative estimate of drug-likeness (QED) is 0.821. The molecular formula is C10H11F3N2O2. The molecule has 7 heteroatoms. The van der Waals surface area contributed by atoms with Crippen molar-refractivity contribution in [2.24, 2.45) is 0 Å². The minimum Gasteiger partial charge on any atom is -0.303 e. The van der Waals surface area contributed by atoms with Crippen molar-refractivity contribution >= 4 is 0 Å². The Labute approximate surface area is 94.1 Å². The van der Waals surface area contributed by atoms with E-state index in [1.165, 1.54) is 0 Å². The molecule has 0 spiro atoms. The fraction of sp³-hybridized carbons (Fsp3) is 0.600. The summed E-state index contributed by atoms with van der Waals surface area (Å²) in [5.41, 5.74) is -3.15. The Morgan fingerprint density at radius 1 is 1.24 bits per heavy atom. The van der Waals surface area contributed by atoms with Gasteiger partial charge in [0.05, 0.1) is 0 Å². The molecule has 0 unspecified atom stereocenters. The molecule has 1 saturated carbocycles. The second-order valence-electron chi connectivity index (χ2n) is 4.13. The highest BCUT2D eigenvalue weighted by molar-refractivity contribution is 5.04. The third-order valence-corrected chi connectivity index (χ3v) is 2.96. The van der Waals surface area contributed by atoms with Gasteiger partial charge in [0.1, 0.15) is 5.69 Å². The first-order chi connectivity index (χ1) is 7.89. The first-order valence-corrected chi connectivity index (χ1v) is 5.32. The lowest BCUT2D eigenvalue weighted by atomic mass is 10.2. The van der Waals surface area contributed by atoms with Gasteiger partial charge >= 0.3 is 11.9 Å². The SMILES string of the molecule is O=c1cc(C(F)(F)F)[nH]c(=O)n1C1CCCC1. The molecule has 17 heavy (non-hydrogen) atoms. The third kappa shape index (κ3) is 2.27. The average molecular weight is 248 g/mol. The fourth-order valence-corrected chi connectivity index (χ4v) is 2.17. The fourth-order valence-electron chi connectivity index (χ4n) is 2.17. The lowest BCUT2D eigenvalue weighted by Gasteiger charge is -2.13. The van der Waals surface area contributed by atoms with Crippen LogP contribution in [0.4, 0.5) is 13.2 Å². The molecule has 1 N–H and O–H groups in total. The number of aromatic nitrogens is 2. The lowest BCUT2D eigenvalue weighted by molar-refractivity contribution is -0.141. The number of halogens is 3. The molecule has 1 aliphatic rings. The number of hydrogen-bond acceptors (Lipinski definition) is 2. The van der Waals surface area contributed by atoms with Gasteiger partial charge < -0.3 is 4.98 Å². The van der Waals surface area contributed by atoms with Crippen LogP contribution in [0.1, 0.15) is 37.4 Å². The minimum absolute atomic E-state index is 0.270. The van der Waals surface area contributed by atoms with E-state index in [1.807, 2.05) is 0 Å². The van der Waals surface area contributed by atoms with Gasteiger partial charge in [-0.3, -0.25) is 9.36 Å². The van der Waals surface area contributed by atoms with Gasteiger partial charge in [-0.2, -0.15) is 13.2 Å². The summed E-state index contributed by atoms with van der Waals surface area (Å²) in [6, 6.07) is 0.174. The zero-order valence-corrected chi connectivity index (χ0v) is 8.88. The number of aromatic amines is 1. The third-order valence-electron chi connectivity index (χ3n) is 2.96. The predicted molar refractivity (Wildman–Crippen MR) is 53.8 cm³/mol. The van der Waals surface area contributed by atoms with Crippen molar-refractivity contribution in [3.63, 3.8) is 0 Å². The van der Waals surface area contributed by atoms with Gasteiger partial charge in [0.25, 0.3) is 5.56 Å².